The fourth-order valence-electron chi connectivity index (χ4n) is 4.26. The van der Waals surface area contributed by atoms with Crippen molar-refractivity contribution in [3.63, 3.8) is 0 Å². The average molecular weight is 386 g/mol. The van der Waals surface area contributed by atoms with Crippen molar-refractivity contribution in [1.29, 1.82) is 0 Å². The van der Waals surface area contributed by atoms with Gasteiger partial charge in [0.25, 0.3) is 0 Å². The van der Waals surface area contributed by atoms with Gasteiger partial charge in [0.1, 0.15) is 12.4 Å². The van der Waals surface area contributed by atoms with Crippen molar-refractivity contribution in [2.45, 2.75) is 57.0 Å². The van der Waals surface area contributed by atoms with Gasteiger partial charge in [0.15, 0.2) is 0 Å². The molecule has 0 radical (unpaired) electrons. The van der Waals surface area contributed by atoms with Crippen LogP contribution in [0.25, 0.3) is 11.4 Å². The molecule has 6 heteroatoms. The molecule has 1 aromatic heterocycles. The van der Waals surface area contributed by atoms with E-state index in [4.69, 9.17) is 19.0 Å². The Morgan fingerprint density at radius 1 is 1.14 bits per heavy atom. The minimum atomic E-state index is -0.0566. The van der Waals surface area contributed by atoms with Crippen LogP contribution in [-0.4, -0.2) is 54.5 Å². The second kappa shape index (κ2) is 8.62. The van der Waals surface area contributed by atoms with Gasteiger partial charge in [-0.15, -0.1) is 0 Å². The Morgan fingerprint density at radius 3 is 2.54 bits per heavy atom. The summed E-state index contributed by atoms with van der Waals surface area (Å²) in [5, 5.41) is 4.23. The van der Waals surface area contributed by atoms with Crippen molar-refractivity contribution >= 4 is 0 Å². The molecule has 6 nitrogen and oxygen atoms in total. The molecule has 2 heterocycles. The monoisotopic (exact) mass is 385 g/mol. The quantitative estimate of drug-likeness (QED) is 0.716. The van der Waals surface area contributed by atoms with Gasteiger partial charge in [-0.25, -0.2) is 0 Å². The van der Waals surface area contributed by atoms with Gasteiger partial charge in [-0.1, -0.05) is 12.1 Å². The molecule has 0 N–H and O–H groups in total. The standard InChI is InChI=1S/C22H31N3O3/c1-22(11-9-18(26-2)10-12-22)21-23-20(24-28-21)17-5-7-19(8-6-17)27-16-15-25-13-3-4-14-25/h5-8,18H,3-4,9-16H2,1-2H3. The van der Waals surface area contributed by atoms with E-state index < -0.39 is 0 Å². The Hall–Kier alpha value is -1.92. The first-order valence-electron chi connectivity index (χ1n) is 10.5. The van der Waals surface area contributed by atoms with E-state index in [0.717, 1.165) is 56.0 Å². The summed E-state index contributed by atoms with van der Waals surface area (Å²) in [6.45, 7) is 6.35. The Bertz CT molecular complexity index is 745. The van der Waals surface area contributed by atoms with Crippen molar-refractivity contribution in [3.05, 3.63) is 30.2 Å². The second-order valence-corrected chi connectivity index (χ2v) is 8.34. The van der Waals surface area contributed by atoms with Crippen molar-refractivity contribution in [2.75, 3.05) is 33.4 Å². The molecule has 1 saturated heterocycles. The number of hydrogen-bond donors (Lipinski definition) is 0. The van der Waals surface area contributed by atoms with Gasteiger partial charge < -0.3 is 14.0 Å². The highest BCUT2D eigenvalue weighted by molar-refractivity contribution is 5.55. The fourth-order valence-corrected chi connectivity index (χ4v) is 4.26. The van der Waals surface area contributed by atoms with Crippen LogP contribution >= 0.6 is 0 Å². The minimum Gasteiger partial charge on any atom is -0.492 e. The third-order valence-electron chi connectivity index (χ3n) is 6.30. The van der Waals surface area contributed by atoms with Crippen molar-refractivity contribution < 1.29 is 14.0 Å². The fraction of sp³-hybridized carbons (Fsp3) is 0.636. The van der Waals surface area contributed by atoms with E-state index in [-0.39, 0.29) is 5.41 Å². The highest BCUT2D eigenvalue weighted by Crippen LogP contribution is 2.39. The molecule has 152 valence electrons. The van der Waals surface area contributed by atoms with Gasteiger partial charge in [-0.05, 0) is 75.9 Å². The summed E-state index contributed by atoms with van der Waals surface area (Å²) < 4.78 is 17.0. The molecule has 1 aromatic carbocycles. The van der Waals surface area contributed by atoms with Gasteiger partial charge >= 0.3 is 0 Å². The van der Waals surface area contributed by atoms with Gasteiger partial charge in [0, 0.05) is 24.6 Å². The van der Waals surface area contributed by atoms with Crippen LogP contribution in [0.15, 0.2) is 28.8 Å². The molecule has 0 spiro atoms. The molecule has 4 rings (SSSR count). The number of rotatable bonds is 7. The van der Waals surface area contributed by atoms with E-state index in [1.807, 2.05) is 24.3 Å². The Balaban J connectivity index is 1.34. The summed E-state index contributed by atoms with van der Waals surface area (Å²) in [6.07, 6.45) is 7.07. The molecule has 2 fully saturated rings. The van der Waals surface area contributed by atoms with E-state index in [1.54, 1.807) is 7.11 Å². The van der Waals surface area contributed by atoms with E-state index in [2.05, 4.69) is 17.0 Å². The zero-order valence-electron chi connectivity index (χ0n) is 17.0. The van der Waals surface area contributed by atoms with Crippen LogP contribution in [0.5, 0.6) is 5.75 Å². The summed E-state index contributed by atoms with van der Waals surface area (Å²) in [6, 6.07) is 7.98. The van der Waals surface area contributed by atoms with Gasteiger partial charge in [-0.2, -0.15) is 4.98 Å². The van der Waals surface area contributed by atoms with Crippen LogP contribution in [0, 0.1) is 0 Å². The molecule has 0 amide bonds. The Kier molecular flexibility index (Phi) is 5.97. The van der Waals surface area contributed by atoms with Gasteiger partial charge in [0.05, 0.1) is 6.10 Å². The summed E-state index contributed by atoms with van der Waals surface area (Å²) in [5.74, 6) is 2.27. The van der Waals surface area contributed by atoms with Crippen molar-refractivity contribution in [1.82, 2.24) is 15.0 Å². The van der Waals surface area contributed by atoms with Crippen LogP contribution < -0.4 is 4.74 Å². The molecule has 28 heavy (non-hydrogen) atoms. The van der Waals surface area contributed by atoms with Gasteiger partial charge in [0.2, 0.25) is 11.7 Å². The maximum Gasteiger partial charge on any atom is 0.232 e. The summed E-state index contributed by atoms with van der Waals surface area (Å²) in [7, 11) is 1.79. The highest BCUT2D eigenvalue weighted by Gasteiger charge is 2.37. The highest BCUT2D eigenvalue weighted by atomic mass is 16.5. The number of nitrogens with zero attached hydrogens (tertiary/aromatic N) is 3. The molecule has 1 saturated carbocycles. The lowest BCUT2D eigenvalue weighted by Gasteiger charge is -2.33. The molecule has 2 aliphatic rings. The van der Waals surface area contributed by atoms with Crippen molar-refractivity contribution in [3.8, 4) is 17.1 Å². The number of methoxy groups -OCH3 is 1. The van der Waals surface area contributed by atoms with E-state index >= 15 is 0 Å². The lowest BCUT2D eigenvalue weighted by molar-refractivity contribution is 0.0452. The molecule has 1 aliphatic carbocycles. The van der Waals surface area contributed by atoms with Crippen LogP contribution in [0.4, 0.5) is 0 Å². The zero-order valence-corrected chi connectivity index (χ0v) is 17.0. The van der Waals surface area contributed by atoms with Crippen LogP contribution in [-0.2, 0) is 10.2 Å². The zero-order chi connectivity index (χ0) is 19.4. The lowest BCUT2D eigenvalue weighted by atomic mass is 9.74. The topological polar surface area (TPSA) is 60.6 Å². The minimum absolute atomic E-state index is 0.0566. The molecule has 0 atom stereocenters. The maximum atomic E-state index is 5.88. The predicted molar refractivity (Wildman–Crippen MR) is 108 cm³/mol. The second-order valence-electron chi connectivity index (χ2n) is 8.34. The van der Waals surface area contributed by atoms with Crippen LogP contribution in [0.2, 0.25) is 0 Å². The number of likely N-dealkylation sites (tertiary alicyclic amines) is 1. The Morgan fingerprint density at radius 2 is 1.86 bits per heavy atom. The van der Waals surface area contributed by atoms with Crippen LogP contribution in [0.3, 0.4) is 0 Å². The molecule has 0 unspecified atom stereocenters. The molecule has 0 bridgehead atoms. The first kappa shape index (κ1) is 19.4. The number of ether oxygens (including phenoxy) is 2. The summed E-state index contributed by atoms with van der Waals surface area (Å²) in [5.41, 5.74) is 0.898. The molecular weight excluding hydrogens is 354 g/mol. The normalized spacial score (nSPS) is 25.9. The van der Waals surface area contributed by atoms with Crippen LogP contribution in [0.1, 0.15) is 51.3 Å². The molecule has 1 aliphatic heterocycles. The molecule has 2 aromatic rings. The SMILES string of the molecule is COC1CCC(C)(c2nc(-c3ccc(OCCN4CCCC4)cc3)no2)CC1. The molecular formula is C22H31N3O3. The first-order valence-corrected chi connectivity index (χ1v) is 10.5. The van der Waals surface area contributed by atoms with E-state index in [0.29, 0.717) is 11.9 Å². The van der Waals surface area contributed by atoms with Crippen molar-refractivity contribution in [2.24, 2.45) is 0 Å². The lowest BCUT2D eigenvalue weighted by Crippen LogP contribution is -2.31. The third kappa shape index (κ3) is 4.39. The number of aromatic nitrogens is 2. The van der Waals surface area contributed by atoms with E-state index in [1.165, 1.54) is 25.9 Å². The van der Waals surface area contributed by atoms with Gasteiger partial charge in [-0.3, -0.25) is 4.90 Å². The van der Waals surface area contributed by atoms with E-state index in [9.17, 15) is 0 Å². The summed E-state index contributed by atoms with van der Waals surface area (Å²) >= 11 is 0. The third-order valence-corrected chi connectivity index (χ3v) is 6.30. The number of benzene rings is 1. The smallest absolute Gasteiger partial charge is 0.232 e. The number of hydrogen-bond acceptors (Lipinski definition) is 6. The summed E-state index contributed by atoms with van der Waals surface area (Å²) in [4.78, 5) is 7.16. The first-order chi connectivity index (χ1) is 13.7. The predicted octanol–water partition coefficient (Wildman–Crippen LogP) is 4.06. The largest absolute Gasteiger partial charge is 0.492 e. The average Bonchev–Trinajstić information content (AvgIpc) is 3.42. The Labute approximate surface area is 167 Å². The maximum absolute atomic E-state index is 5.88.